The van der Waals surface area contributed by atoms with Crippen LogP contribution in [0.2, 0.25) is 10.0 Å². The van der Waals surface area contributed by atoms with E-state index in [4.69, 9.17) is 27.9 Å². The number of ether oxygens (including phenoxy) is 1. The predicted octanol–water partition coefficient (Wildman–Crippen LogP) is 4.91. The van der Waals surface area contributed by atoms with Crippen LogP contribution in [0, 0.1) is 0 Å². The zero-order valence-electron chi connectivity index (χ0n) is 11.3. The summed E-state index contributed by atoms with van der Waals surface area (Å²) in [6.07, 6.45) is 3.82. The summed E-state index contributed by atoms with van der Waals surface area (Å²) in [6.45, 7) is 0.388. The molecule has 2 nitrogen and oxygen atoms in total. The van der Waals surface area contributed by atoms with Crippen molar-refractivity contribution >= 4 is 35.1 Å². The van der Waals surface area contributed by atoms with Gasteiger partial charge in [0.05, 0.1) is 16.7 Å². The molecule has 0 aliphatic carbocycles. The van der Waals surface area contributed by atoms with Crippen LogP contribution < -0.4 is 0 Å². The first-order valence-corrected chi connectivity index (χ1v) is 7.20. The highest BCUT2D eigenvalue weighted by Crippen LogP contribution is 2.22. The number of benzene rings is 2. The van der Waals surface area contributed by atoms with E-state index in [0.717, 1.165) is 5.56 Å². The Kier molecular flexibility index (Phi) is 6.00. The molecule has 0 saturated heterocycles. The van der Waals surface area contributed by atoms with Gasteiger partial charge in [0.2, 0.25) is 0 Å². The first-order valence-electron chi connectivity index (χ1n) is 6.44. The van der Waals surface area contributed by atoms with Crippen molar-refractivity contribution in [2.75, 3.05) is 13.2 Å². The molecule has 0 N–H and O–H groups in total. The Morgan fingerprint density at radius 1 is 1.05 bits per heavy atom. The van der Waals surface area contributed by atoms with Crippen molar-refractivity contribution in [1.82, 2.24) is 0 Å². The number of rotatable bonds is 6. The van der Waals surface area contributed by atoms with Crippen LogP contribution in [0.4, 0.5) is 0 Å². The molecule has 0 aromatic heterocycles. The lowest BCUT2D eigenvalue weighted by molar-refractivity contribution is 0.0806. The highest BCUT2D eigenvalue weighted by Gasteiger charge is 2.07. The fraction of sp³-hybridized carbons (Fsp3) is 0.118. The van der Waals surface area contributed by atoms with Crippen molar-refractivity contribution in [2.24, 2.45) is 0 Å². The zero-order chi connectivity index (χ0) is 15.1. The maximum atomic E-state index is 11.9. The molecule has 2 aromatic rings. The number of ketones is 1. The predicted molar refractivity (Wildman–Crippen MR) is 87.1 cm³/mol. The Morgan fingerprint density at radius 3 is 2.52 bits per heavy atom. The van der Waals surface area contributed by atoms with Crippen LogP contribution in [0.5, 0.6) is 0 Å². The van der Waals surface area contributed by atoms with Crippen LogP contribution in [0.25, 0.3) is 6.08 Å². The smallest absolute Gasteiger partial charge is 0.188 e. The van der Waals surface area contributed by atoms with Crippen molar-refractivity contribution in [3.63, 3.8) is 0 Å². The van der Waals surface area contributed by atoms with Gasteiger partial charge in [-0.25, -0.2) is 0 Å². The first kappa shape index (κ1) is 15.8. The second-order valence-electron chi connectivity index (χ2n) is 4.38. The number of carbonyl (C=O) groups is 1. The molecule has 2 aromatic carbocycles. The van der Waals surface area contributed by atoms with Crippen LogP contribution in [-0.2, 0) is 4.74 Å². The summed E-state index contributed by atoms with van der Waals surface area (Å²) in [7, 11) is 0. The monoisotopic (exact) mass is 320 g/mol. The molecule has 0 atom stereocenters. The highest BCUT2D eigenvalue weighted by atomic mass is 35.5. The van der Waals surface area contributed by atoms with Gasteiger partial charge >= 0.3 is 0 Å². The van der Waals surface area contributed by atoms with Gasteiger partial charge in [0.25, 0.3) is 0 Å². The van der Waals surface area contributed by atoms with Crippen molar-refractivity contribution in [1.29, 1.82) is 0 Å². The third-order valence-electron chi connectivity index (χ3n) is 2.80. The van der Waals surface area contributed by atoms with Crippen LogP contribution in [0.15, 0.2) is 54.6 Å². The normalized spacial score (nSPS) is 11.0. The topological polar surface area (TPSA) is 26.3 Å². The largest absolute Gasteiger partial charge is 0.369 e. The molecule has 0 unspecified atom stereocenters. The summed E-state index contributed by atoms with van der Waals surface area (Å²) >= 11 is 11.7. The van der Waals surface area contributed by atoms with Gasteiger partial charge < -0.3 is 4.74 Å². The lowest BCUT2D eigenvalue weighted by Gasteiger charge is -2.03. The van der Waals surface area contributed by atoms with Crippen LogP contribution >= 0.6 is 23.2 Å². The van der Waals surface area contributed by atoms with Crippen molar-refractivity contribution in [2.45, 2.75) is 0 Å². The standard InChI is InChI=1S/C17H14Cl2O2/c18-15-9-8-14(11-16(15)19)17(20)12-21-10-4-7-13-5-2-1-3-6-13/h1-9,11H,10,12H2. The molecule has 0 aliphatic rings. The molecule has 108 valence electrons. The zero-order valence-corrected chi connectivity index (χ0v) is 12.8. The minimum atomic E-state index is -0.123. The minimum absolute atomic E-state index is 0.0110. The Labute approximate surface area is 134 Å². The lowest BCUT2D eigenvalue weighted by atomic mass is 10.1. The van der Waals surface area contributed by atoms with Gasteiger partial charge in [-0.15, -0.1) is 0 Å². The summed E-state index contributed by atoms with van der Waals surface area (Å²) in [6, 6.07) is 14.7. The lowest BCUT2D eigenvalue weighted by Crippen LogP contribution is -2.09. The molecule has 21 heavy (non-hydrogen) atoms. The molecule has 0 aliphatic heterocycles. The number of carbonyl (C=O) groups excluding carboxylic acids is 1. The van der Waals surface area contributed by atoms with Gasteiger partial charge in [-0.2, -0.15) is 0 Å². The molecule has 4 heteroatoms. The maximum absolute atomic E-state index is 11.9. The van der Waals surface area contributed by atoms with Gasteiger partial charge in [-0.05, 0) is 23.8 Å². The number of halogens is 2. The third-order valence-corrected chi connectivity index (χ3v) is 3.54. The molecular weight excluding hydrogens is 307 g/mol. The van der Waals surface area contributed by atoms with E-state index in [0.29, 0.717) is 22.2 Å². The summed E-state index contributed by atoms with van der Waals surface area (Å²) in [5.74, 6) is -0.123. The third kappa shape index (κ3) is 5.01. The number of Topliss-reactive ketones (excluding diaryl/α,β-unsaturated/α-hetero) is 1. The summed E-state index contributed by atoms with van der Waals surface area (Å²) < 4.78 is 5.33. The Hall–Kier alpha value is -1.61. The van der Waals surface area contributed by atoms with Crippen LogP contribution in [0.1, 0.15) is 15.9 Å². The summed E-state index contributed by atoms with van der Waals surface area (Å²) in [4.78, 5) is 11.9. The molecule has 2 rings (SSSR count). The van der Waals surface area contributed by atoms with E-state index < -0.39 is 0 Å². The fourth-order valence-electron chi connectivity index (χ4n) is 1.72. The highest BCUT2D eigenvalue weighted by molar-refractivity contribution is 6.42. The summed E-state index contributed by atoms with van der Waals surface area (Å²) in [5.41, 5.74) is 1.59. The Morgan fingerprint density at radius 2 is 1.81 bits per heavy atom. The van der Waals surface area contributed by atoms with Gasteiger partial charge in [0.1, 0.15) is 6.61 Å². The van der Waals surface area contributed by atoms with Gasteiger partial charge in [-0.1, -0.05) is 65.7 Å². The molecule has 0 heterocycles. The van der Waals surface area contributed by atoms with Gasteiger partial charge in [0, 0.05) is 5.56 Å². The number of hydrogen-bond donors (Lipinski definition) is 0. The molecule has 0 radical (unpaired) electrons. The van der Waals surface area contributed by atoms with E-state index in [1.807, 2.05) is 42.5 Å². The SMILES string of the molecule is O=C(COCC=Cc1ccccc1)c1ccc(Cl)c(Cl)c1. The number of hydrogen-bond acceptors (Lipinski definition) is 2. The quantitative estimate of drug-likeness (QED) is 0.558. The molecule has 0 amide bonds. The Balaban J connectivity index is 1.79. The molecule has 0 saturated carbocycles. The van der Waals surface area contributed by atoms with Crippen molar-refractivity contribution in [3.8, 4) is 0 Å². The molecule has 0 spiro atoms. The fourth-order valence-corrected chi connectivity index (χ4v) is 2.02. The average Bonchev–Trinajstić information content (AvgIpc) is 2.50. The maximum Gasteiger partial charge on any atom is 0.188 e. The summed E-state index contributed by atoms with van der Waals surface area (Å²) in [5, 5.41) is 0.798. The van der Waals surface area contributed by atoms with E-state index in [-0.39, 0.29) is 12.4 Å². The minimum Gasteiger partial charge on any atom is -0.369 e. The molecule has 0 bridgehead atoms. The first-order chi connectivity index (χ1) is 10.2. The second-order valence-corrected chi connectivity index (χ2v) is 5.19. The average molecular weight is 321 g/mol. The van der Waals surface area contributed by atoms with E-state index in [2.05, 4.69) is 0 Å². The van der Waals surface area contributed by atoms with Crippen molar-refractivity contribution in [3.05, 3.63) is 75.8 Å². The van der Waals surface area contributed by atoms with Crippen LogP contribution in [-0.4, -0.2) is 19.0 Å². The molecule has 0 fully saturated rings. The second kappa shape index (κ2) is 7.99. The molecular formula is C17H14Cl2O2. The Bertz CT molecular complexity index is 636. The van der Waals surface area contributed by atoms with E-state index in [1.165, 1.54) is 0 Å². The van der Waals surface area contributed by atoms with Gasteiger partial charge in [0.15, 0.2) is 5.78 Å². The van der Waals surface area contributed by atoms with E-state index >= 15 is 0 Å². The van der Waals surface area contributed by atoms with E-state index in [9.17, 15) is 4.79 Å². The van der Waals surface area contributed by atoms with Gasteiger partial charge in [-0.3, -0.25) is 4.79 Å². The van der Waals surface area contributed by atoms with Crippen LogP contribution in [0.3, 0.4) is 0 Å². The van der Waals surface area contributed by atoms with E-state index in [1.54, 1.807) is 18.2 Å². The van der Waals surface area contributed by atoms with Crippen molar-refractivity contribution < 1.29 is 9.53 Å².